The summed E-state index contributed by atoms with van der Waals surface area (Å²) < 4.78 is 33.6. The van der Waals surface area contributed by atoms with Crippen molar-refractivity contribution in [1.29, 1.82) is 0 Å². The van der Waals surface area contributed by atoms with E-state index in [0.717, 1.165) is 53.3 Å². The van der Waals surface area contributed by atoms with Crippen molar-refractivity contribution in [1.82, 2.24) is 9.71 Å². The third kappa shape index (κ3) is 3.22. The van der Waals surface area contributed by atoms with Crippen LogP contribution in [0.15, 0.2) is 18.2 Å². The second-order valence-electron chi connectivity index (χ2n) is 6.48. The number of anilines is 1. The highest BCUT2D eigenvalue weighted by Crippen LogP contribution is 2.33. The zero-order valence-corrected chi connectivity index (χ0v) is 15.2. The number of hydrogen-bond donors (Lipinski definition) is 1. The highest BCUT2D eigenvalue weighted by atomic mass is 32.2. The number of thiazole rings is 1. The van der Waals surface area contributed by atoms with Gasteiger partial charge in [-0.15, -0.1) is 0 Å². The van der Waals surface area contributed by atoms with Crippen molar-refractivity contribution >= 4 is 36.7 Å². The zero-order chi connectivity index (χ0) is 16.7. The molecule has 130 valence electrons. The molecular formula is C16H21N3O3S2. The molecule has 0 radical (unpaired) electrons. The minimum absolute atomic E-state index is 0.0223. The summed E-state index contributed by atoms with van der Waals surface area (Å²) >= 11 is 1.63. The first-order valence-corrected chi connectivity index (χ1v) is 10.6. The van der Waals surface area contributed by atoms with Crippen molar-refractivity contribution < 1.29 is 13.2 Å². The molecule has 4 rings (SSSR count). The quantitative estimate of drug-likeness (QED) is 0.878. The molecule has 6 nitrogen and oxygen atoms in total. The lowest BCUT2D eigenvalue weighted by Crippen LogP contribution is -2.48. The maximum atomic E-state index is 12.2. The Labute approximate surface area is 145 Å². The van der Waals surface area contributed by atoms with E-state index in [1.165, 1.54) is 0 Å². The molecule has 2 aliphatic rings. The van der Waals surface area contributed by atoms with Crippen molar-refractivity contribution in [2.75, 3.05) is 25.1 Å². The standard InChI is InChI=1S/C16H21N3O3S2/c1-22-12-4-7-14-15(9-12)23-16(17-14)19-8-2-3-11(10-19)18-24(20,21)13-5-6-13/h4,7,9,11,13,18H,2-3,5-6,8,10H2,1H3. The van der Waals surface area contributed by atoms with Gasteiger partial charge in [0.1, 0.15) is 5.75 Å². The Hall–Kier alpha value is -1.38. The molecule has 1 saturated carbocycles. The molecule has 0 amide bonds. The van der Waals surface area contributed by atoms with Gasteiger partial charge in [-0.2, -0.15) is 0 Å². The fraction of sp³-hybridized carbons (Fsp3) is 0.562. The van der Waals surface area contributed by atoms with Crippen LogP contribution in [0, 0.1) is 0 Å². The average molecular weight is 367 g/mol. The number of fused-ring (bicyclic) bond motifs is 1. The SMILES string of the molecule is COc1ccc2nc(N3CCCC(NS(=O)(=O)C4CC4)C3)sc2c1. The van der Waals surface area contributed by atoms with Crippen molar-refractivity contribution in [3.05, 3.63) is 18.2 Å². The largest absolute Gasteiger partial charge is 0.497 e. The number of sulfonamides is 1. The number of nitrogens with one attached hydrogen (secondary N) is 1. The smallest absolute Gasteiger partial charge is 0.214 e. The van der Waals surface area contributed by atoms with Crippen LogP contribution in [0.2, 0.25) is 0 Å². The fourth-order valence-corrected chi connectivity index (χ4v) is 5.74. The monoisotopic (exact) mass is 367 g/mol. The summed E-state index contributed by atoms with van der Waals surface area (Å²) in [5.74, 6) is 0.825. The lowest BCUT2D eigenvalue weighted by molar-refractivity contribution is 0.415. The number of hydrogen-bond acceptors (Lipinski definition) is 6. The lowest BCUT2D eigenvalue weighted by Gasteiger charge is -2.32. The Morgan fingerprint density at radius 3 is 2.92 bits per heavy atom. The Morgan fingerprint density at radius 1 is 1.33 bits per heavy atom. The molecule has 0 spiro atoms. The minimum Gasteiger partial charge on any atom is -0.497 e. The highest BCUT2D eigenvalue weighted by Gasteiger charge is 2.37. The van der Waals surface area contributed by atoms with Crippen LogP contribution in [-0.4, -0.2) is 44.9 Å². The first-order valence-electron chi connectivity index (χ1n) is 8.26. The van der Waals surface area contributed by atoms with Crippen LogP contribution in [-0.2, 0) is 10.0 Å². The summed E-state index contributed by atoms with van der Waals surface area (Å²) in [6, 6.07) is 5.85. The Bertz CT molecular complexity index is 845. The van der Waals surface area contributed by atoms with Gasteiger partial charge in [0, 0.05) is 19.1 Å². The molecule has 8 heteroatoms. The molecule has 2 fully saturated rings. The van der Waals surface area contributed by atoms with Gasteiger partial charge in [-0.05, 0) is 43.9 Å². The first kappa shape index (κ1) is 16.1. The van der Waals surface area contributed by atoms with Crippen molar-refractivity contribution in [3.63, 3.8) is 0 Å². The Balaban J connectivity index is 1.51. The first-order chi connectivity index (χ1) is 11.5. The number of rotatable bonds is 5. The number of piperidine rings is 1. The van der Waals surface area contributed by atoms with Crippen LogP contribution < -0.4 is 14.4 Å². The molecule has 1 aliphatic heterocycles. The van der Waals surface area contributed by atoms with Gasteiger partial charge in [-0.25, -0.2) is 18.1 Å². The number of ether oxygens (including phenoxy) is 1. The molecule has 1 saturated heterocycles. The lowest BCUT2D eigenvalue weighted by atomic mass is 10.1. The highest BCUT2D eigenvalue weighted by molar-refractivity contribution is 7.90. The Morgan fingerprint density at radius 2 is 2.17 bits per heavy atom. The number of aromatic nitrogens is 1. The van der Waals surface area contributed by atoms with E-state index in [1.807, 2.05) is 18.2 Å². The molecule has 0 bridgehead atoms. The van der Waals surface area contributed by atoms with E-state index >= 15 is 0 Å². The molecule has 2 aromatic rings. The summed E-state index contributed by atoms with van der Waals surface area (Å²) in [6.45, 7) is 1.60. The second kappa shape index (κ2) is 6.16. The maximum absolute atomic E-state index is 12.2. The van der Waals surface area contributed by atoms with Crippen LogP contribution in [0.25, 0.3) is 10.2 Å². The van der Waals surface area contributed by atoms with Gasteiger partial charge in [-0.1, -0.05) is 11.3 Å². The van der Waals surface area contributed by atoms with Crippen LogP contribution in [0.5, 0.6) is 5.75 Å². The predicted octanol–water partition coefficient (Wildman–Crippen LogP) is 2.36. The van der Waals surface area contributed by atoms with E-state index in [9.17, 15) is 8.42 Å². The van der Waals surface area contributed by atoms with E-state index in [4.69, 9.17) is 9.72 Å². The molecule has 1 aromatic heterocycles. The van der Waals surface area contributed by atoms with Gasteiger partial charge in [0.2, 0.25) is 10.0 Å². The molecule has 2 heterocycles. The van der Waals surface area contributed by atoms with Crippen molar-refractivity contribution in [3.8, 4) is 5.75 Å². The number of benzene rings is 1. The maximum Gasteiger partial charge on any atom is 0.214 e. The molecule has 24 heavy (non-hydrogen) atoms. The minimum atomic E-state index is -3.14. The van der Waals surface area contributed by atoms with E-state index in [2.05, 4.69) is 9.62 Å². The molecular weight excluding hydrogens is 346 g/mol. The summed E-state index contributed by atoms with van der Waals surface area (Å²) in [4.78, 5) is 6.90. The van der Waals surface area contributed by atoms with Crippen LogP contribution in [0.3, 0.4) is 0 Å². The fourth-order valence-electron chi connectivity index (χ4n) is 3.11. The molecule has 1 aliphatic carbocycles. The van der Waals surface area contributed by atoms with Crippen LogP contribution in [0.1, 0.15) is 25.7 Å². The van der Waals surface area contributed by atoms with E-state index in [0.29, 0.717) is 6.54 Å². The van der Waals surface area contributed by atoms with E-state index in [-0.39, 0.29) is 11.3 Å². The van der Waals surface area contributed by atoms with Crippen molar-refractivity contribution in [2.24, 2.45) is 0 Å². The van der Waals surface area contributed by atoms with E-state index in [1.54, 1.807) is 18.4 Å². The number of nitrogens with zero attached hydrogens (tertiary/aromatic N) is 2. The van der Waals surface area contributed by atoms with Gasteiger partial charge in [0.25, 0.3) is 0 Å². The van der Waals surface area contributed by atoms with Gasteiger partial charge in [0.05, 0.1) is 22.6 Å². The second-order valence-corrected chi connectivity index (χ2v) is 9.48. The van der Waals surface area contributed by atoms with Crippen LogP contribution in [0.4, 0.5) is 5.13 Å². The predicted molar refractivity (Wildman–Crippen MR) is 96.5 cm³/mol. The number of methoxy groups -OCH3 is 1. The van der Waals surface area contributed by atoms with Gasteiger partial charge in [0.15, 0.2) is 5.13 Å². The third-order valence-corrected chi connectivity index (χ3v) is 7.66. The molecule has 1 unspecified atom stereocenters. The topological polar surface area (TPSA) is 71.5 Å². The zero-order valence-electron chi connectivity index (χ0n) is 13.6. The Kier molecular flexibility index (Phi) is 4.14. The summed E-state index contributed by atoms with van der Waals surface area (Å²) in [5, 5.41) is 0.788. The third-order valence-electron chi connectivity index (χ3n) is 4.57. The normalized spacial score (nSPS) is 22.0. The molecule has 1 atom stereocenters. The summed E-state index contributed by atoms with van der Waals surface area (Å²) in [6.07, 6.45) is 3.45. The van der Waals surface area contributed by atoms with Crippen molar-refractivity contribution in [2.45, 2.75) is 37.0 Å². The summed E-state index contributed by atoms with van der Waals surface area (Å²) in [5.41, 5.74) is 0.955. The molecule has 1 N–H and O–H groups in total. The molecule has 1 aromatic carbocycles. The van der Waals surface area contributed by atoms with Gasteiger partial charge in [-0.3, -0.25) is 0 Å². The van der Waals surface area contributed by atoms with E-state index < -0.39 is 10.0 Å². The summed E-state index contributed by atoms with van der Waals surface area (Å²) in [7, 11) is -1.48. The van der Waals surface area contributed by atoms with Crippen LogP contribution >= 0.6 is 11.3 Å². The average Bonchev–Trinajstić information content (AvgIpc) is 3.34. The van der Waals surface area contributed by atoms with Gasteiger partial charge < -0.3 is 9.64 Å². The van der Waals surface area contributed by atoms with Gasteiger partial charge >= 0.3 is 0 Å².